The van der Waals surface area contributed by atoms with Gasteiger partial charge in [-0.05, 0) is 13.8 Å². The number of esters is 1. The van der Waals surface area contributed by atoms with E-state index < -0.39 is 43.3 Å². The quantitative estimate of drug-likeness (QED) is 0.353. The van der Waals surface area contributed by atoms with Gasteiger partial charge in [0.1, 0.15) is 24.4 Å². The van der Waals surface area contributed by atoms with E-state index in [4.69, 9.17) is 14.6 Å². The molecule has 0 radical (unpaired) electrons. The Bertz CT molecular complexity index is 325. The summed E-state index contributed by atoms with van der Waals surface area (Å²) >= 11 is 0. The molecule has 1 fully saturated rings. The number of ether oxygens (including phenoxy) is 2. The Morgan fingerprint density at radius 3 is 2.39 bits per heavy atom. The van der Waals surface area contributed by atoms with Crippen molar-refractivity contribution in [2.75, 3.05) is 6.61 Å². The van der Waals surface area contributed by atoms with E-state index in [0.717, 1.165) is 0 Å². The van der Waals surface area contributed by atoms with Crippen molar-refractivity contribution in [2.45, 2.75) is 44.6 Å². The lowest BCUT2D eigenvalue weighted by Crippen LogP contribution is -2.59. The molecule has 0 aliphatic carbocycles. The number of allylic oxidation sites excluding steroid dienone is 1. The molecule has 0 spiro atoms. The predicted molar refractivity (Wildman–Crippen MR) is 59.3 cm³/mol. The van der Waals surface area contributed by atoms with Gasteiger partial charge in [0.05, 0.1) is 6.61 Å². The van der Waals surface area contributed by atoms with Gasteiger partial charge in [0.25, 0.3) is 0 Å². The highest BCUT2D eigenvalue weighted by Crippen LogP contribution is 2.22. The summed E-state index contributed by atoms with van der Waals surface area (Å²) < 4.78 is 9.86. The van der Waals surface area contributed by atoms with Crippen molar-refractivity contribution in [3.8, 4) is 0 Å². The second-order valence-corrected chi connectivity index (χ2v) is 4.07. The summed E-state index contributed by atoms with van der Waals surface area (Å²) in [6.07, 6.45) is -5.60. The number of carbonyl (C=O) groups is 1. The molecule has 0 aromatic rings. The van der Waals surface area contributed by atoms with Crippen molar-refractivity contribution in [3.05, 3.63) is 11.6 Å². The first-order chi connectivity index (χ1) is 8.42. The molecule has 1 rings (SSSR count). The summed E-state index contributed by atoms with van der Waals surface area (Å²) in [4.78, 5) is 11.5. The first-order valence-electron chi connectivity index (χ1n) is 5.56. The monoisotopic (exact) mass is 262 g/mol. The average Bonchev–Trinajstić information content (AvgIpc) is 2.38. The van der Waals surface area contributed by atoms with Gasteiger partial charge in [-0.25, -0.2) is 4.79 Å². The average molecular weight is 262 g/mol. The fourth-order valence-electron chi connectivity index (χ4n) is 1.48. The third kappa shape index (κ3) is 3.06. The molecule has 0 unspecified atom stereocenters. The molecular formula is C11H18O7. The van der Waals surface area contributed by atoms with Gasteiger partial charge in [0.15, 0.2) is 0 Å². The molecule has 0 bridgehead atoms. The minimum atomic E-state index is -1.57. The van der Waals surface area contributed by atoms with Crippen molar-refractivity contribution in [3.63, 3.8) is 0 Å². The standard InChI is InChI=1S/C11H18O7/c1-3-5(2)10(16)18-11-9(15)8(14)7(13)6(4-12)17-11/h3,6-9,11-15H,4H2,1-2H3/b5-3+/t6-,7-,8+,9-,11+/m1/s1. The molecule has 1 saturated heterocycles. The largest absolute Gasteiger partial charge is 0.429 e. The third-order valence-electron chi connectivity index (χ3n) is 2.83. The van der Waals surface area contributed by atoms with Crippen LogP contribution in [0.5, 0.6) is 0 Å². The highest BCUT2D eigenvalue weighted by molar-refractivity contribution is 5.87. The lowest BCUT2D eigenvalue weighted by Gasteiger charge is -2.39. The van der Waals surface area contributed by atoms with Gasteiger partial charge in [0.2, 0.25) is 6.29 Å². The van der Waals surface area contributed by atoms with Gasteiger partial charge < -0.3 is 29.9 Å². The maximum absolute atomic E-state index is 11.5. The fraction of sp³-hybridized carbons (Fsp3) is 0.727. The maximum atomic E-state index is 11.5. The zero-order valence-corrected chi connectivity index (χ0v) is 10.2. The van der Waals surface area contributed by atoms with Crippen molar-refractivity contribution in [1.29, 1.82) is 0 Å². The van der Waals surface area contributed by atoms with E-state index in [9.17, 15) is 20.1 Å². The summed E-state index contributed by atoms with van der Waals surface area (Å²) in [6.45, 7) is 2.60. The van der Waals surface area contributed by atoms with E-state index in [1.54, 1.807) is 6.92 Å². The van der Waals surface area contributed by atoms with E-state index >= 15 is 0 Å². The number of hydrogen-bond acceptors (Lipinski definition) is 7. The van der Waals surface area contributed by atoms with E-state index in [0.29, 0.717) is 5.57 Å². The van der Waals surface area contributed by atoms with Crippen LogP contribution in [-0.2, 0) is 14.3 Å². The Labute approximate surface area is 104 Å². The number of aliphatic hydroxyl groups excluding tert-OH is 4. The van der Waals surface area contributed by atoms with E-state index in [1.807, 2.05) is 0 Å². The van der Waals surface area contributed by atoms with Crippen molar-refractivity contribution >= 4 is 5.97 Å². The molecule has 0 aromatic heterocycles. The van der Waals surface area contributed by atoms with Crippen molar-refractivity contribution in [1.82, 2.24) is 0 Å². The molecule has 7 heteroatoms. The molecule has 0 saturated carbocycles. The molecule has 7 nitrogen and oxygen atoms in total. The number of aliphatic hydroxyl groups is 4. The first kappa shape index (κ1) is 15.1. The minimum absolute atomic E-state index is 0.312. The van der Waals surface area contributed by atoms with Crippen LogP contribution < -0.4 is 0 Å². The third-order valence-corrected chi connectivity index (χ3v) is 2.83. The Morgan fingerprint density at radius 2 is 1.89 bits per heavy atom. The van der Waals surface area contributed by atoms with Crippen LogP contribution in [0.25, 0.3) is 0 Å². The molecule has 1 aliphatic rings. The number of carbonyl (C=O) groups excluding carboxylic acids is 1. The summed E-state index contributed by atoms with van der Waals surface area (Å²) in [5, 5.41) is 37.6. The van der Waals surface area contributed by atoms with Gasteiger partial charge in [0, 0.05) is 5.57 Å². The van der Waals surface area contributed by atoms with Gasteiger partial charge in [-0.1, -0.05) is 6.08 Å². The summed E-state index contributed by atoms with van der Waals surface area (Å²) in [5.74, 6) is -0.707. The van der Waals surface area contributed by atoms with E-state index in [1.165, 1.54) is 13.0 Å². The van der Waals surface area contributed by atoms with Gasteiger partial charge in [-0.3, -0.25) is 0 Å². The van der Waals surface area contributed by atoms with Crippen molar-refractivity contribution in [2.24, 2.45) is 0 Å². The van der Waals surface area contributed by atoms with Crippen LogP contribution in [0.3, 0.4) is 0 Å². The molecule has 1 aliphatic heterocycles. The molecular weight excluding hydrogens is 244 g/mol. The Kier molecular flexibility index (Phi) is 5.24. The second-order valence-electron chi connectivity index (χ2n) is 4.07. The Balaban J connectivity index is 2.73. The van der Waals surface area contributed by atoms with Crippen LogP contribution in [0.2, 0.25) is 0 Å². The number of hydrogen-bond donors (Lipinski definition) is 4. The molecule has 0 aromatic carbocycles. The highest BCUT2D eigenvalue weighted by Gasteiger charge is 2.45. The summed E-state index contributed by atoms with van der Waals surface area (Å²) in [7, 11) is 0. The molecule has 18 heavy (non-hydrogen) atoms. The SMILES string of the molecule is C/C=C(\C)C(=O)O[C@@H]1O[C@H](CO)[C@@H](O)[C@H](O)[C@H]1O. The summed E-state index contributed by atoms with van der Waals surface area (Å²) in [6, 6.07) is 0. The number of rotatable bonds is 3. The van der Waals surface area contributed by atoms with Gasteiger partial charge >= 0.3 is 5.97 Å². The van der Waals surface area contributed by atoms with Crippen molar-refractivity contribution < 1.29 is 34.7 Å². The lowest BCUT2D eigenvalue weighted by atomic mass is 9.99. The zero-order valence-electron chi connectivity index (χ0n) is 10.2. The Morgan fingerprint density at radius 1 is 1.28 bits per heavy atom. The van der Waals surface area contributed by atoms with Crippen LogP contribution in [0.1, 0.15) is 13.8 Å². The first-order valence-corrected chi connectivity index (χ1v) is 5.56. The van der Waals surface area contributed by atoms with Gasteiger partial charge in [-0.15, -0.1) is 0 Å². The molecule has 104 valence electrons. The normalized spacial score (nSPS) is 37.4. The molecule has 0 amide bonds. The zero-order chi connectivity index (χ0) is 13.9. The highest BCUT2D eigenvalue weighted by atomic mass is 16.7. The summed E-state index contributed by atoms with van der Waals surface area (Å²) in [5.41, 5.74) is 0.312. The van der Waals surface area contributed by atoms with E-state index in [2.05, 4.69) is 0 Å². The van der Waals surface area contributed by atoms with Crippen LogP contribution in [0.4, 0.5) is 0 Å². The second kappa shape index (κ2) is 6.26. The fourth-order valence-corrected chi connectivity index (χ4v) is 1.48. The smallest absolute Gasteiger partial charge is 0.335 e. The molecule has 5 atom stereocenters. The van der Waals surface area contributed by atoms with Crippen LogP contribution in [-0.4, -0.2) is 63.7 Å². The minimum Gasteiger partial charge on any atom is -0.429 e. The van der Waals surface area contributed by atoms with E-state index in [-0.39, 0.29) is 0 Å². The lowest BCUT2D eigenvalue weighted by molar-refractivity contribution is -0.291. The molecule has 4 N–H and O–H groups in total. The molecule has 1 heterocycles. The predicted octanol–water partition coefficient (Wildman–Crippen LogP) is -1.70. The topological polar surface area (TPSA) is 116 Å². The van der Waals surface area contributed by atoms with Gasteiger partial charge in [-0.2, -0.15) is 0 Å². The Hall–Kier alpha value is -0.990. The van der Waals surface area contributed by atoms with Crippen LogP contribution in [0.15, 0.2) is 11.6 Å². The van der Waals surface area contributed by atoms with Crippen LogP contribution in [0, 0.1) is 0 Å². The maximum Gasteiger partial charge on any atom is 0.335 e. The van der Waals surface area contributed by atoms with Crippen LogP contribution >= 0.6 is 0 Å².